The van der Waals surface area contributed by atoms with Gasteiger partial charge in [-0.15, -0.1) is 0 Å². The predicted octanol–water partition coefficient (Wildman–Crippen LogP) is 3.44. The molecular weight excluding hydrogens is 366 g/mol. The zero-order valence-corrected chi connectivity index (χ0v) is 16.3. The fraction of sp³-hybridized carbons (Fsp3) is 0.364. The van der Waals surface area contributed by atoms with Crippen molar-refractivity contribution in [1.82, 2.24) is 4.57 Å². The van der Waals surface area contributed by atoms with Crippen LogP contribution in [-0.2, 0) is 22.3 Å². The van der Waals surface area contributed by atoms with Crippen LogP contribution < -0.4 is 0 Å². The molecule has 0 spiro atoms. The Morgan fingerprint density at radius 1 is 1.07 bits per heavy atom. The third-order valence-corrected chi connectivity index (χ3v) is 6.38. The molecule has 7 heteroatoms. The van der Waals surface area contributed by atoms with Crippen molar-refractivity contribution >= 4 is 5.90 Å². The number of hydrogen-bond acceptors (Lipinski definition) is 6. The molecule has 1 N–H and O–H groups in total. The van der Waals surface area contributed by atoms with Gasteiger partial charge in [0.25, 0.3) is 0 Å². The lowest BCUT2D eigenvalue weighted by Gasteiger charge is -2.48. The van der Waals surface area contributed by atoms with Crippen LogP contribution in [0.1, 0.15) is 29.8 Å². The molecule has 4 rings (SSSR count). The summed E-state index contributed by atoms with van der Waals surface area (Å²) in [6.07, 6.45) is 0.694. The molecule has 4 unspecified atom stereocenters. The van der Waals surface area contributed by atoms with E-state index in [0.717, 1.165) is 5.56 Å². The lowest BCUT2D eigenvalue weighted by Crippen LogP contribution is -2.57. The number of nitriles is 3. The van der Waals surface area contributed by atoms with Gasteiger partial charge in [0.05, 0.1) is 24.1 Å². The number of aromatic nitrogens is 1. The Balaban J connectivity index is 2.05. The van der Waals surface area contributed by atoms with E-state index in [2.05, 4.69) is 6.07 Å². The van der Waals surface area contributed by atoms with E-state index in [4.69, 9.17) is 14.9 Å². The van der Waals surface area contributed by atoms with E-state index >= 15 is 0 Å². The molecule has 0 amide bonds. The van der Waals surface area contributed by atoms with Crippen LogP contribution in [0.3, 0.4) is 0 Å². The molecule has 7 nitrogen and oxygen atoms in total. The molecule has 2 aliphatic heterocycles. The summed E-state index contributed by atoms with van der Waals surface area (Å²) in [6, 6.07) is 17.2. The normalized spacial score (nSPS) is 31.9. The van der Waals surface area contributed by atoms with E-state index in [1.165, 1.54) is 0 Å². The Kier molecular flexibility index (Phi) is 3.84. The molecule has 1 aromatic carbocycles. The van der Waals surface area contributed by atoms with Crippen molar-refractivity contribution in [3.8, 4) is 18.2 Å². The summed E-state index contributed by atoms with van der Waals surface area (Å²) in [5.41, 5.74) is -1.49. The highest BCUT2D eigenvalue weighted by Gasteiger charge is 2.80. The number of benzene rings is 1. The van der Waals surface area contributed by atoms with Crippen molar-refractivity contribution in [3.05, 3.63) is 59.4 Å². The molecule has 29 heavy (non-hydrogen) atoms. The highest BCUT2D eigenvalue weighted by Crippen LogP contribution is 2.68. The summed E-state index contributed by atoms with van der Waals surface area (Å²) in [5.74, 6) is -2.62. The van der Waals surface area contributed by atoms with Crippen LogP contribution in [-0.4, -0.2) is 10.5 Å². The van der Waals surface area contributed by atoms with Gasteiger partial charge in [0.1, 0.15) is 6.10 Å². The van der Waals surface area contributed by atoms with Gasteiger partial charge in [-0.1, -0.05) is 36.8 Å². The molecule has 1 aromatic heterocycles. The van der Waals surface area contributed by atoms with Crippen LogP contribution in [0.25, 0.3) is 0 Å². The third kappa shape index (κ3) is 1.99. The number of ether oxygens (including phenoxy) is 2. The fourth-order valence-electron chi connectivity index (χ4n) is 4.67. The van der Waals surface area contributed by atoms with Crippen molar-refractivity contribution < 1.29 is 9.47 Å². The van der Waals surface area contributed by atoms with Crippen LogP contribution >= 0.6 is 0 Å². The smallest absolute Gasteiger partial charge is 0.244 e. The number of fused-ring (bicyclic) bond motifs is 2. The quantitative estimate of drug-likeness (QED) is 0.849. The van der Waals surface area contributed by atoms with Crippen LogP contribution in [0.5, 0.6) is 0 Å². The minimum absolute atomic E-state index is 0.409. The standard InChI is InChI=1S/C22H19N5O2/c1-14-6-8-16(9-7-14)22-15(2)21(13-25,19(26)29-22)20(11-23,12-24)18(28-22)17-5-4-10-27(17)3/h4-10,15,18,26H,1-3H3. The molecule has 2 aliphatic rings. The minimum atomic E-state index is -1.95. The highest BCUT2D eigenvalue weighted by atomic mass is 16.7. The van der Waals surface area contributed by atoms with Crippen molar-refractivity contribution in [2.75, 3.05) is 0 Å². The molecule has 0 aliphatic carbocycles. The number of hydrogen-bond donors (Lipinski definition) is 1. The number of nitrogens with zero attached hydrogens (tertiary/aromatic N) is 4. The van der Waals surface area contributed by atoms with E-state index in [-0.39, 0.29) is 0 Å². The first-order chi connectivity index (χ1) is 13.8. The van der Waals surface area contributed by atoms with Gasteiger partial charge < -0.3 is 14.0 Å². The first kappa shape index (κ1) is 18.7. The summed E-state index contributed by atoms with van der Waals surface area (Å²) in [4.78, 5) is 0. The molecule has 4 atom stereocenters. The van der Waals surface area contributed by atoms with Crippen LogP contribution in [0.15, 0.2) is 42.6 Å². The van der Waals surface area contributed by atoms with Gasteiger partial charge >= 0.3 is 0 Å². The molecule has 2 aromatic rings. The summed E-state index contributed by atoms with van der Waals surface area (Å²) in [5, 5.41) is 39.2. The lowest BCUT2D eigenvalue weighted by atomic mass is 9.54. The minimum Gasteiger partial charge on any atom is -0.443 e. The Labute approximate surface area is 168 Å². The fourth-order valence-corrected chi connectivity index (χ4v) is 4.67. The van der Waals surface area contributed by atoms with Crippen molar-refractivity contribution in [2.45, 2.75) is 25.7 Å². The maximum Gasteiger partial charge on any atom is 0.244 e. The molecule has 2 fully saturated rings. The van der Waals surface area contributed by atoms with Crippen LogP contribution in [0.4, 0.5) is 0 Å². The molecular formula is C22H19N5O2. The van der Waals surface area contributed by atoms with Crippen LogP contribution in [0, 0.1) is 63.1 Å². The molecule has 0 saturated carbocycles. The van der Waals surface area contributed by atoms with Gasteiger partial charge in [-0.05, 0) is 19.1 Å². The topological polar surface area (TPSA) is 119 Å². The number of rotatable bonds is 2. The molecule has 3 heterocycles. The zero-order valence-electron chi connectivity index (χ0n) is 16.3. The summed E-state index contributed by atoms with van der Waals surface area (Å²) in [7, 11) is 1.78. The van der Waals surface area contributed by atoms with E-state index in [9.17, 15) is 15.8 Å². The Morgan fingerprint density at radius 2 is 1.72 bits per heavy atom. The maximum absolute atomic E-state index is 10.3. The van der Waals surface area contributed by atoms with E-state index in [0.29, 0.717) is 11.3 Å². The Morgan fingerprint density at radius 3 is 2.24 bits per heavy atom. The van der Waals surface area contributed by atoms with Crippen molar-refractivity contribution in [3.63, 3.8) is 0 Å². The number of nitrogens with one attached hydrogen (secondary N) is 1. The van der Waals surface area contributed by atoms with E-state index in [1.807, 2.05) is 43.3 Å². The molecule has 2 saturated heterocycles. The molecule has 2 bridgehead atoms. The van der Waals surface area contributed by atoms with Gasteiger partial charge in [-0.25, -0.2) is 0 Å². The average molecular weight is 385 g/mol. The number of aryl methyl sites for hydroxylation is 2. The Hall–Kier alpha value is -3.60. The molecule has 0 radical (unpaired) electrons. The van der Waals surface area contributed by atoms with Crippen molar-refractivity contribution in [2.24, 2.45) is 23.8 Å². The lowest BCUT2D eigenvalue weighted by molar-refractivity contribution is -0.289. The molecule has 144 valence electrons. The summed E-state index contributed by atoms with van der Waals surface area (Å²) in [6.45, 7) is 3.65. The van der Waals surface area contributed by atoms with Gasteiger partial charge in [0.2, 0.25) is 17.1 Å². The first-order valence-electron chi connectivity index (χ1n) is 9.21. The van der Waals surface area contributed by atoms with Crippen LogP contribution in [0.2, 0.25) is 0 Å². The second-order valence-electron chi connectivity index (χ2n) is 7.68. The third-order valence-electron chi connectivity index (χ3n) is 6.38. The summed E-state index contributed by atoms with van der Waals surface area (Å²) < 4.78 is 14.2. The van der Waals surface area contributed by atoms with Crippen molar-refractivity contribution in [1.29, 1.82) is 21.2 Å². The maximum atomic E-state index is 10.3. The highest BCUT2D eigenvalue weighted by molar-refractivity contribution is 5.89. The van der Waals surface area contributed by atoms with E-state index < -0.39 is 34.5 Å². The van der Waals surface area contributed by atoms with Gasteiger partial charge in [-0.2, -0.15) is 15.8 Å². The second kappa shape index (κ2) is 5.95. The monoisotopic (exact) mass is 385 g/mol. The zero-order chi connectivity index (χ0) is 21.0. The predicted molar refractivity (Wildman–Crippen MR) is 102 cm³/mol. The van der Waals surface area contributed by atoms with Gasteiger partial charge in [0.15, 0.2) is 5.41 Å². The first-order valence-corrected chi connectivity index (χ1v) is 9.21. The largest absolute Gasteiger partial charge is 0.443 e. The summed E-state index contributed by atoms with van der Waals surface area (Å²) >= 11 is 0. The van der Waals surface area contributed by atoms with Gasteiger partial charge in [-0.3, -0.25) is 5.41 Å². The van der Waals surface area contributed by atoms with E-state index in [1.54, 1.807) is 36.9 Å². The SMILES string of the molecule is Cc1ccc(C23OC(=N)C(C#N)(C2C)C(C#N)(C#N)C(c2cccn2C)O3)cc1. The Bertz CT molecular complexity index is 1120. The second-order valence-corrected chi connectivity index (χ2v) is 7.68. The van der Waals surface area contributed by atoms with Gasteiger partial charge in [0, 0.05) is 24.5 Å². The average Bonchev–Trinajstić information content (AvgIpc) is 3.20.